The standard InChI is InChI=1S/C7H5BrF2INO/c1-13-7-3(6(9)10)2-4(11)5(8)12-7/h2,6H,1H3. The number of pyridine rings is 1. The van der Waals surface area contributed by atoms with Crippen LogP contribution in [0.5, 0.6) is 5.88 Å². The van der Waals surface area contributed by atoms with Gasteiger partial charge < -0.3 is 4.74 Å². The highest BCUT2D eigenvalue weighted by Crippen LogP contribution is 2.31. The highest BCUT2D eigenvalue weighted by molar-refractivity contribution is 14.1. The van der Waals surface area contributed by atoms with Crippen LogP contribution in [-0.4, -0.2) is 12.1 Å². The summed E-state index contributed by atoms with van der Waals surface area (Å²) in [5, 5.41) is 0. The molecule has 0 radical (unpaired) electrons. The van der Waals surface area contributed by atoms with Crippen molar-refractivity contribution >= 4 is 38.5 Å². The maximum atomic E-state index is 12.4. The number of rotatable bonds is 2. The second-order valence-electron chi connectivity index (χ2n) is 2.16. The molecular weight excluding hydrogens is 359 g/mol. The largest absolute Gasteiger partial charge is 0.481 e. The Hall–Kier alpha value is 0.0200. The van der Waals surface area contributed by atoms with E-state index >= 15 is 0 Å². The number of ether oxygens (including phenoxy) is 1. The summed E-state index contributed by atoms with van der Waals surface area (Å²) in [6, 6.07) is 1.35. The van der Waals surface area contributed by atoms with Gasteiger partial charge in [-0.3, -0.25) is 0 Å². The molecule has 0 unspecified atom stereocenters. The van der Waals surface area contributed by atoms with Gasteiger partial charge in [-0.05, 0) is 44.6 Å². The molecule has 0 atom stereocenters. The lowest BCUT2D eigenvalue weighted by atomic mass is 10.3. The van der Waals surface area contributed by atoms with Gasteiger partial charge in [0.1, 0.15) is 4.60 Å². The minimum atomic E-state index is -2.57. The molecule has 0 fully saturated rings. The number of alkyl halides is 2. The van der Waals surface area contributed by atoms with Gasteiger partial charge in [0.05, 0.1) is 12.7 Å². The fourth-order valence-electron chi connectivity index (χ4n) is 0.785. The first-order valence-electron chi connectivity index (χ1n) is 3.24. The molecule has 6 heteroatoms. The fourth-order valence-corrected chi connectivity index (χ4v) is 1.52. The van der Waals surface area contributed by atoms with Gasteiger partial charge in [0.25, 0.3) is 6.43 Å². The Balaban J connectivity index is 3.25. The molecule has 0 N–H and O–H groups in total. The average Bonchev–Trinajstić information content (AvgIpc) is 2.08. The van der Waals surface area contributed by atoms with Crippen molar-refractivity contribution in [2.45, 2.75) is 6.43 Å². The molecular formula is C7H5BrF2INO. The zero-order chi connectivity index (χ0) is 10.0. The number of hydrogen-bond donors (Lipinski definition) is 0. The van der Waals surface area contributed by atoms with Gasteiger partial charge in [0.2, 0.25) is 5.88 Å². The third kappa shape index (κ3) is 2.49. The third-order valence-electron chi connectivity index (χ3n) is 1.35. The summed E-state index contributed by atoms with van der Waals surface area (Å²) in [5.41, 5.74) is -0.185. The Morgan fingerprint density at radius 3 is 2.69 bits per heavy atom. The lowest BCUT2D eigenvalue weighted by Gasteiger charge is -2.07. The molecule has 0 saturated carbocycles. The molecule has 1 aromatic rings. The monoisotopic (exact) mass is 363 g/mol. The van der Waals surface area contributed by atoms with Gasteiger partial charge in [-0.25, -0.2) is 13.8 Å². The normalized spacial score (nSPS) is 10.6. The molecule has 1 aromatic heterocycles. The molecule has 0 aromatic carbocycles. The van der Waals surface area contributed by atoms with Crippen LogP contribution >= 0.6 is 38.5 Å². The molecule has 72 valence electrons. The Kier molecular flexibility index (Phi) is 3.84. The van der Waals surface area contributed by atoms with Crippen molar-refractivity contribution in [2.24, 2.45) is 0 Å². The minimum Gasteiger partial charge on any atom is -0.481 e. The second-order valence-corrected chi connectivity index (χ2v) is 4.07. The average molecular weight is 364 g/mol. The summed E-state index contributed by atoms with van der Waals surface area (Å²) >= 11 is 5.04. The Morgan fingerprint density at radius 1 is 1.62 bits per heavy atom. The smallest absolute Gasteiger partial charge is 0.269 e. The Labute approximate surface area is 96.0 Å². The van der Waals surface area contributed by atoms with Crippen molar-refractivity contribution in [3.8, 4) is 5.88 Å². The Bertz CT molecular complexity index is 322. The first-order chi connectivity index (χ1) is 6.06. The van der Waals surface area contributed by atoms with E-state index in [0.717, 1.165) is 0 Å². The molecule has 2 nitrogen and oxygen atoms in total. The molecule has 1 rings (SSSR count). The number of methoxy groups -OCH3 is 1. The maximum absolute atomic E-state index is 12.4. The minimum absolute atomic E-state index is 0.0395. The van der Waals surface area contributed by atoms with E-state index in [4.69, 9.17) is 4.74 Å². The van der Waals surface area contributed by atoms with Crippen LogP contribution in [0, 0.1) is 3.57 Å². The lowest BCUT2D eigenvalue weighted by Crippen LogP contribution is -1.97. The van der Waals surface area contributed by atoms with Crippen LogP contribution in [0.3, 0.4) is 0 Å². The molecule has 0 spiro atoms. The first kappa shape index (κ1) is 11.1. The topological polar surface area (TPSA) is 22.1 Å². The maximum Gasteiger partial charge on any atom is 0.269 e. The molecule has 0 amide bonds. The van der Waals surface area contributed by atoms with Crippen molar-refractivity contribution in [1.29, 1.82) is 0 Å². The quantitative estimate of drug-likeness (QED) is 0.593. The predicted molar refractivity (Wildman–Crippen MR) is 56.2 cm³/mol. The van der Waals surface area contributed by atoms with Gasteiger partial charge in [0, 0.05) is 3.57 Å². The van der Waals surface area contributed by atoms with E-state index in [1.54, 1.807) is 0 Å². The first-order valence-corrected chi connectivity index (χ1v) is 5.11. The molecule has 0 aliphatic heterocycles. The zero-order valence-corrected chi connectivity index (χ0v) is 10.3. The van der Waals surface area contributed by atoms with Gasteiger partial charge in [0.15, 0.2) is 0 Å². The molecule has 13 heavy (non-hydrogen) atoms. The van der Waals surface area contributed by atoms with E-state index in [-0.39, 0.29) is 11.4 Å². The van der Waals surface area contributed by atoms with E-state index in [1.165, 1.54) is 13.2 Å². The summed E-state index contributed by atoms with van der Waals surface area (Å²) < 4.78 is 30.6. The molecule has 0 aliphatic carbocycles. The summed E-state index contributed by atoms with van der Waals surface area (Å²) in [6.07, 6.45) is -2.57. The van der Waals surface area contributed by atoms with E-state index in [1.807, 2.05) is 22.6 Å². The van der Waals surface area contributed by atoms with E-state index in [0.29, 0.717) is 8.17 Å². The summed E-state index contributed by atoms with van der Waals surface area (Å²) in [6.45, 7) is 0. The van der Waals surface area contributed by atoms with E-state index < -0.39 is 6.43 Å². The lowest BCUT2D eigenvalue weighted by molar-refractivity contribution is 0.146. The summed E-state index contributed by atoms with van der Waals surface area (Å²) in [4.78, 5) is 3.82. The predicted octanol–water partition coefficient (Wildman–Crippen LogP) is 3.39. The summed E-state index contributed by atoms with van der Waals surface area (Å²) in [7, 11) is 1.31. The fraction of sp³-hybridized carbons (Fsp3) is 0.286. The molecule has 1 heterocycles. The Morgan fingerprint density at radius 2 is 2.23 bits per heavy atom. The van der Waals surface area contributed by atoms with Crippen molar-refractivity contribution in [2.75, 3.05) is 7.11 Å². The van der Waals surface area contributed by atoms with Gasteiger partial charge in [-0.2, -0.15) is 0 Å². The van der Waals surface area contributed by atoms with Gasteiger partial charge >= 0.3 is 0 Å². The SMILES string of the molecule is COc1nc(Br)c(I)cc1C(F)F. The molecule has 0 bridgehead atoms. The number of aromatic nitrogens is 1. The number of nitrogens with zero attached hydrogens (tertiary/aromatic N) is 1. The van der Waals surface area contributed by atoms with Crippen LogP contribution in [0.25, 0.3) is 0 Å². The van der Waals surface area contributed by atoms with E-state index in [9.17, 15) is 8.78 Å². The summed E-state index contributed by atoms with van der Waals surface area (Å²) in [5.74, 6) is -0.0395. The van der Waals surface area contributed by atoms with Crippen LogP contribution in [0.4, 0.5) is 8.78 Å². The van der Waals surface area contributed by atoms with Crippen molar-refractivity contribution < 1.29 is 13.5 Å². The zero-order valence-electron chi connectivity index (χ0n) is 6.52. The van der Waals surface area contributed by atoms with Gasteiger partial charge in [-0.15, -0.1) is 0 Å². The van der Waals surface area contributed by atoms with E-state index in [2.05, 4.69) is 20.9 Å². The second kappa shape index (κ2) is 4.50. The van der Waals surface area contributed by atoms with Crippen molar-refractivity contribution in [1.82, 2.24) is 4.98 Å². The third-order valence-corrected chi connectivity index (χ3v) is 3.52. The van der Waals surface area contributed by atoms with Crippen LogP contribution in [0.2, 0.25) is 0 Å². The highest BCUT2D eigenvalue weighted by Gasteiger charge is 2.17. The number of hydrogen-bond acceptors (Lipinski definition) is 2. The van der Waals surface area contributed by atoms with Crippen LogP contribution in [0.15, 0.2) is 10.7 Å². The van der Waals surface area contributed by atoms with Crippen LogP contribution in [-0.2, 0) is 0 Å². The number of halogens is 4. The van der Waals surface area contributed by atoms with Crippen molar-refractivity contribution in [3.05, 3.63) is 19.8 Å². The van der Waals surface area contributed by atoms with Gasteiger partial charge in [-0.1, -0.05) is 0 Å². The highest BCUT2D eigenvalue weighted by atomic mass is 127. The van der Waals surface area contributed by atoms with Crippen molar-refractivity contribution in [3.63, 3.8) is 0 Å². The molecule has 0 saturated heterocycles. The molecule has 0 aliphatic rings. The van der Waals surface area contributed by atoms with Crippen LogP contribution < -0.4 is 4.74 Å². The van der Waals surface area contributed by atoms with Crippen LogP contribution in [0.1, 0.15) is 12.0 Å².